The monoisotopic (exact) mass is 463 g/mol. The van der Waals surface area contributed by atoms with E-state index in [2.05, 4.69) is 10.4 Å². The molecular formula is C23H24F3N3O4. The summed E-state index contributed by atoms with van der Waals surface area (Å²) in [6.45, 7) is 2.67. The first-order valence-corrected chi connectivity index (χ1v) is 10.2. The van der Waals surface area contributed by atoms with E-state index in [0.717, 1.165) is 16.0 Å². The third kappa shape index (κ3) is 6.64. The van der Waals surface area contributed by atoms with Crippen LogP contribution in [0.15, 0.2) is 48.5 Å². The number of ether oxygens (including phenoxy) is 3. The second-order valence-electron chi connectivity index (χ2n) is 7.13. The van der Waals surface area contributed by atoms with Crippen LogP contribution in [0.3, 0.4) is 0 Å². The van der Waals surface area contributed by atoms with Gasteiger partial charge in [-0.1, -0.05) is 12.1 Å². The van der Waals surface area contributed by atoms with Crippen molar-refractivity contribution in [3.8, 4) is 23.1 Å². The van der Waals surface area contributed by atoms with Gasteiger partial charge in [-0.25, -0.2) is 4.68 Å². The Labute approximate surface area is 189 Å². The number of amides is 1. The van der Waals surface area contributed by atoms with Crippen molar-refractivity contribution in [3.05, 3.63) is 65.4 Å². The molecule has 1 N–H and O–H groups in total. The standard InChI is InChI=1S/C23H24F3N3O4/c1-4-31-17-9-11-19(12-10-17)33-18-7-5-16(6-8-18)13-27-21(30)20-15(2)28-29(3)22(20)32-14-23(24,25)26/h5-12H,4,13-14H2,1-3H3,(H,27,30). The van der Waals surface area contributed by atoms with Crippen LogP contribution in [-0.4, -0.2) is 35.1 Å². The molecule has 0 atom stereocenters. The Bertz CT molecular complexity index is 1080. The highest BCUT2D eigenvalue weighted by molar-refractivity contribution is 5.97. The molecule has 0 radical (unpaired) electrons. The first-order valence-electron chi connectivity index (χ1n) is 10.2. The normalized spacial score (nSPS) is 11.2. The minimum atomic E-state index is -4.53. The molecule has 3 rings (SSSR count). The van der Waals surface area contributed by atoms with Crippen molar-refractivity contribution >= 4 is 5.91 Å². The zero-order chi connectivity index (χ0) is 24.0. The highest BCUT2D eigenvalue weighted by Crippen LogP contribution is 2.26. The average molecular weight is 463 g/mol. The number of carbonyl (C=O) groups is 1. The van der Waals surface area contributed by atoms with E-state index >= 15 is 0 Å². The SMILES string of the molecule is CCOc1ccc(Oc2ccc(CNC(=O)c3c(C)nn(C)c3OCC(F)(F)F)cc2)cc1. The summed E-state index contributed by atoms with van der Waals surface area (Å²) in [5.74, 6) is 1.21. The number of nitrogens with one attached hydrogen (secondary N) is 1. The maximum Gasteiger partial charge on any atom is 0.422 e. The van der Waals surface area contributed by atoms with Gasteiger partial charge in [0.25, 0.3) is 5.91 Å². The fourth-order valence-corrected chi connectivity index (χ4v) is 3.07. The Kier molecular flexibility index (Phi) is 7.47. The predicted octanol–water partition coefficient (Wildman–Crippen LogP) is 4.79. The Morgan fingerprint density at radius 1 is 1.00 bits per heavy atom. The number of halogens is 3. The number of hydrogen-bond donors (Lipinski definition) is 1. The lowest BCUT2D eigenvalue weighted by Crippen LogP contribution is -2.25. The number of rotatable bonds is 9. The number of aryl methyl sites for hydroxylation is 2. The van der Waals surface area contributed by atoms with Crippen LogP contribution >= 0.6 is 0 Å². The molecule has 1 amide bonds. The second-order valence-corrected chi connectivity index (χ2v) is 7.13. The van der Waals surface area contributed by atoms with Gasteiger partial charge in [-0.15, -0.1) is 0 Å². The van der Waals surface area contributed by atoms with Crippen LogP contribution < -0.4 is 19.5 Å². The van der Waals surface area contributed by atoms with Crippen LogP contribution in [0.25, 0.3) is 0 Å². The largest absolute Gasteiger partial charge is 0.494 e. The van der Waals surface area contributed by atoms with Crippen molar-refractivity contribution in [1.82, 2.24) is 15.1 Å². The smallest absolute Gasteiger partial charge is 0.422 e. The zero-order valence-corrected chi connectivity index (χ0v) is 18.4. The topological polar surface area (TPSA) is 74.6 Å². The lowest BCUT2D eigenvalue weighted by atomic mass is 10.2. The molecule has 0 saturated carbocycles. The summed E-state index contributed by atoms with van der Waals surface area (Å²) in [6.07, 6.45) is -4.53. The summed E-state index contributed by atoms with van der Waals surface area (Å²) in [4.78, 5) is 12.6. The van der Waals surface area contributed by atoms with Gasteiger partial charge in [0.2, 0.25) is 5.88 Å². The molecule has 0 spiro atoms. The van der Waals surface area contributed by atoms with E-state index in [1.165, 1.54) is 14.0 Å². The van der Waals surface area contributed by atoms with Gasteiger partial charge in [0.15, 0.2) is 6.61 Å². The van der Waals surface area contributed by atoms with Gasteiger partial charge in [-0.3, -0.25) is 4.79 Å². The van der Waals surface area contributed by atoms with Gasteiger partial charge in [-0.2, -0.15) is 18.3 Å². The molecule has 0 aliphatic rings. The third-order valence-electron chi connectivity index (χ3n) is 4.52. The number of nitrogens with zero attached hydrogens (tertiary/aromatic N) is 2. The number of carbonyl (C=O) groups excluding carboxylic acids is 1. The number of benzene rings is 2. The fraction of sp³-hybridized carbons (Fsp3) is 0.304. The molecule has 1 aromatic heterocycles. The molecule has 0 bridgehead atoms. The first-order chi connectivity index (χ1) is 15.7. The average Bonchev–Trinajstić information content (AvgIpc) is 3.05. The Morgan fingerprint density at radius 3 is 2.15 bits per heavy atom. The van der Waals surface area contributed by atoms with Crippen LogP contribution in [0.2, 0.25) is 0 Å². The number of alkyl halides is 3. The molecule has 1 heterocycles. The summed E-state index contributed by atoms with van der Waals surface area (Å²) in [6, 6.07) is 14.3. The predicted molar refractivity (Wildman–Crippen MR) is 115 cm³/mol. The van der Waals surface area contributed by atoms with Crippen molar-refractivity contribution in [2.45, 2.75) is 26.6 Å². The third-order valence-corrected chi connectivity index (χ3v) is 4.52. The first kappa shape index (κ1) is 24.0. The molecule has 0 unspecified atom stereocenters. The molecule has 33 heavy (non-hydrogen) atoms. The summed E-state index contributed by atoms with van der Waals surface area (Å²) in [5.41, 5.74) is 1.02. The van der Waals surface area contributed by atoms with Crippen LogP contribution in [0, 0.1) is 6.92 Å². The molecule has 7 nitrogen and oxygen atoms in total. The van der Waals surface area contributed by atoms with Gasteiger partial charge in [-0.05, 0) is 55.8 Å². The van der Waals surface area contributed by atoms with E-state index in [1.54, 1.807) is 36.4 Å². The van der Waals surface area contributed by atoms with Crippen LogP contribution in [0.1, 0.15) is 28.5 Å². The van der Waals surface area contributed by atoms with Crippen LogP contribution in [-0.2, 0) is 13.6 Å². The minimum Gasteiger partial charge on any atom is -0.494 e. The number of hydrogen-bond acceptors (Lipinski definition) is 5. The quantitative estimate of drug-likeness (QED) is 0.494. The van der Waals surface area contributed by atoms with Crippen molar-refractivity contribution in [1.29, 1.82) is 0 Å². The lowest BCUT2D eigenvalue weighted by molar-refractivity contribution is -0.154. The highest BCUT2D eigenvalue weighted by atomic mass is 19.4. The van der Waals surface area contributed by atoms with Gasteiger partial charge >= 0.3 is 6.18 Å². The highest BCUT2D eigenvalue weighted by Gasteiger charge is 2.31. The molecule has 0 aliphatic heterocycles. The van der Waals surface area contributed by atoms with E-state index < -0.39 is 18.7 Å². The molecule has 2 aromatic carbocycles. The van der Waals surface area contributed by atoms with Crippen molar-refractivity contribution in [2.24, 2.45) is 7.05 Å². The molecule has 0 fully saturated rings. The van der Waals surface area contributed by atoms with E-state index in [0.29, 0.717) is 18.1 Å². The summed E-state index contributed by atoms with van der Waals surface area (Å²) >= 11 is 0. The van der Waals surface area contributed by atoms with Crippen LogP contribution in [0.4, 0.5) is 13.2 Å². The minimum absolute atomic E-state index is 0.0304. The fourth-order valence-electron chi connectivity index (χ4n) is 3.07. The Morgan fingerprint density at radius 2 is 1.58 bits per heavy atom. The van der Waals surface area contributed by atoms with Crippen molar-refractivity contribution in [2.75, 3.05) is 13.2 Å². The van der Waals surface area contributed by atoms with Gasteiger partial charge in [0.05, 0.1) is 12.3 Å². The summed E-state index contributed by atoms with van der Waals surface area (Å²) < 4.78 is 54.7. The Hall–Kier alpha value is -3.69. The van der Waals surface area contributed by atoms with Gasteiger partial charge in [0, 0.05) is 13.6 Å². The molecule has 0 aliphatic carbocycles. The van der Waals surface area contributed by atoms with Crippen molar-refractivity contribution < 1.29 is 32.2 Å². The summed E-state index contributed by atoms with van der Waals surface area (Å²) in [7, 11) is 1.42. The van der Waals surface area contributed by atoms with E-state index in [1.807, 2.05) is 19.1 Å². The zero-order valence-electron chi connectivity index (χ0n) is 18.4. The van der Waals surface area contributed by atoms with Crippen LogP contribution in [0.5, 0.6) is 23.1 Å². The maximum atomic E-state index is 12.6. The molecule has 3 aromatic rings. The number of aromatic nitrogens is 2. The van der Waals surface area contributed by atoms with Crippen molar-refractivity contribution in [3.63, 3.8) is 0 Å². The molecule has 10 heteroatoms. The summed E-state index contributed by atoms with van der Waals surface area (Å²) in [5, 5.41) is 6.68. The van der Waals surface area contributed by atoms with Gasteiger partial charge in [0.1, 0.15) is 22.8 Å². The second kappa shape index (κ2) is 10.3. The van der Waals surface area contributed by atoms with E-state index in [9.17, 15) is 18.0 Å². The van der Waals surface area contributed by atoms with E-state index in [-0.39, 0.29) is 23.7 Å². The van der Waals surface area contributed by atoms with Gasteiger partial charge < -0.3 is 19.5 Å². The lowest BCUT2D eigenvalue weighted by Gasteiger charge is -2.12. The maximum absolute atomic E-state index is 12.6. The molecule has 176 valence electrons. The molecule has 0 saturated heterocycles. The Balaban J connectivity index is 1.59. The van der Waals surface area contributed by atoms with E-state index in [4.69, 9.17) is 14.2 Å². The molecular weight excluding hydrogens is 439 g/mol.